The number of rotatable bonds is 2. The molecule has 0 unspecified atom stereocenters. The smallest absolute Gasteiger partial charge is 0.322 e. The molecule has 1 atom stereocenters. The number of piperidine rings is 1. The van der Waals surface area contributed by atoms with Crippen LogP contribution >= 0.6 is 11.5 Å². The molecule has 3 rings (SSSR count). The minimum absolute atomic E-state index is 0.118. The second kappa shape index (κ2) is 5.53. The minimum Gasteiger partial charge on any atom is -0.324 e. The van der Waals surface area contributed by atoms with Gasteiger partial charge in [0.15, 0.2) is 5.82 Å². The Hall–Kier alpha value is -2.03. The Kier molecular flexibility index (Phi) is 3.59. The Morgan fingerprint density at radius 2 is 2.50 bits per heavy atom. The van der Waals surface area contributed by atoms with Crippen molar-refractivity contribution in [1.82, 2.24) is 29.7 Å². The lowest BCUT2D eigenvalue weighted by molar-refractivity contribution is 0.191. The first-order valence-corrected chi connectivity index (χ1v) is 7.22. The molecule has 106 valence electrons. The molecule has 9 heteroatoms. The van der Waals surface area contributed by atoms with E-state index in [-0.39, 0.29) is 11.9 Å². The van der Waals surface area contributed by atoms with Crippen LogP contribution in [0.5, 0.6) is 0 Å². The molecule has 0 spiro atoms. The molecule has 2 N–H and O–H groups in total. The average molecular weight is 293 g/mol. The van der Waals surface area contributed by atoms with E-state index in [1.165, 1.54) is 11.5 Å². The van der Waals surface area contributed by atoms with Gasteiger partial charge in [0.2, 0.25) is 0 Å². The van der Waals surface area contributed by atoms with Gasteiger partial charge in [-0.1, -0.05) is 4.49 Å². The van der Waals surface area contributed by atoms with Gasteiger partial charge in [-0.05, 0) is 19.8 Å². The maximum Gasteiger partial charge on any atom is 0.322 e. The molecule has 0 aliphatic carbocycles. The number of nitrogens with one attached hydrogen (secondary N) is 2. The van der Waals surface area contributed by atoms with E-state index in [1.807, 2.05) is 6.92 Å². The van der Waals surface area contributed by atoms with Crippen LogP contribution in [0.25, 0.3) is 0 Å². The number of aryl methyl sites for hydroxylation is 1. The highest BCUT2D eigenvalue weighted by Gasteiger charge is 2.27. The predicted octanol–water partition coefficient (Wildman–Crippen LogP) is 1.38. The summed E-state index contributed by atoms with van der Waals surface area (Å²) in [5.41, 5.74) is 0. The molecule has 0 saturated carbocycles. The lowest BCUT2D eigenvalue weighted by atomic mass is 9.98. The summed E-state index contributed by atoms with van der Waals surface area (Å²) in [6.45, 7) is 3.26. The molecule has 0 aromatic carbocycles. The Balaban J connectivity index is 1.64. The van der Waals surface area contributed by atoms with Crippen molar-refractivity contribution < 1.29 is 4.79 Å². The normalized spacial score (nSPS) is 19.1. The second-order valence-electron chi connectivity index (χ2n) is 4.78. The number of aromatic nitrogens is 5. The number of hydrogen-bond donors (Lipinski definition) is 2. The highest BCUT2D eigenvalue weighted by atomic mass is 32.1. The monoisotopic (exact) mass is 293 g/mol. The highest BCUT2D eigenvalue weighted by molar-refractivity contribution is 7.10. The van der Waals surface area contributed by atoms with E-state index in [9.17, 15) is 4.79 Å². The average Bonchev–Trinajstić information content (AvgIpc) is 3.10. The zero-order valence-electron chi connectivity index (χ0n) is 11.0. The Morgan fingerprint density at radius 1 is 1.60 bits per heavy atom. The van der Waals surface area contributed by atoms with E-state index in [4.69, 9.17) is 0 Å². The number of amides is 2. The van der Waals surface area contributed by atoms with Gasteiger partial charge >= 0.3 is 6.03 Å². The summed E-state index contributed by atoms with van der Waals surface area (Å²) in [7, 11) is 0. The third kappa shape index (κ3) is 2.77. The number of carbonyl (C=O) groups excluding carboxylic acids is 1. The molecule has 8 nitrogen and oxygen atoms in total. The van der Waals surface area contributed by atoms with Gasteiger partial charge in [-0.3, -0.25) is 10.4 Å². The van der Waals surface area contributed by atoms with E-state index in [1.54, 1.807) is 11.1 Å². The van der Waals surface area contributed by atoms with Crippen LogP contribution in [0.1, 0.15) is 30.4 Å². The van der Waals surface area contributed by atoms with Crippen molar-refractivity contribution in [1.29, 1.82) is 0 Å². The Labute approximate surface area is 119 Å². The van der Waals surface area contributed by atoms with Crippen LogP contribution in [0.15, 0.2) is 6.20 Å². The number of anilines is 1. The molecule has 1 aliphatic heterocycles. The van der Waals surface area contributed by atoms with Crippen molar-refractivity contribution in [3.05, 3.63) is 17.8 Å². The first-order chi connectivity index (χ1) is 9.72. The predicted molar refractivity (Wildman–Crippen MR) is 73.6 cm³/mol. The molecule has 1 aliphatic rings. The molecule has 1 fully saturated rings. The van der Waals surface area contributed by atoms with E-state index in [2.05, 4.69) is 30.1 Å². The maximum atomic E-state index is 12.2. The van der Waals surface area contributed by atoms with Crippen molar-refractivity contribution in [2.45, 2.75) is 25.7 Å². The van der Waals surface area contributed by atoms with Crippen molar-refractivity contribution in [2.75, 3.05) is 18.4 Å². The number of likely N-dealkylation sites (tertiary alicyclic amines) is 1. The van der Waals surface area contributed by atoms with Crippen molar-refractivity contribution in [2.24, 2.45) is 0 Å². The third-order valence-electron chi connectivity index (χ3n) is 3.28. The third-order valence-corrected chi connectivity index (χ3v) is 3.86. The fraction of sp³-hybridized carbons (Fsp3) is 0.545. The van der Waals surface area contributed by atoms with Crippen LogP contribution in [0.4, 0.5) is 9.80 Å². The van der Waals surface area contributed by atoms with Gasteiger partial charge in [-0.15, -0.1) is 5.10 Å². The summed E-state index contributed by atoms with van der Waals surface area (Å²) in [5.74, 6) is 1.79. The molecule has 1 saturated heterocycles. The SMILES string of the molecule is Cc1nc([C@H]2CCCN(C(=O)Nc3cnns3)C2)n[nH]1. The van der Waals surface area contributed by atoms with E-state index in [0.29, 0.717) is 11.5 Å². The van der Waals surface area contributed by atoms with Gasteiger partial charge in [-0.2, -0.15) is 5.10 Å². The van der Waals surface area contributed by atoms with Gasteiger partial charge in [0.05, 0.1) is 6.20 Å². The fourth-order valence-electron chi connectivity index (χ4n) is 2.32. The summed E-state index contributed by atoms with van der Waals surface area (Å²) < 4.78 is 3.72. The van der Waals surface area contributed by atoms with Crippen LogP contribution < -0.4 is 5.32 Å². The van der Waals surface area contributed by atoms with E-state index in [0.717, 1.165) is 31.0 Å². The second-order valence-corrected chi connectivity index (χ2v) is 5.56. The van der Waals surface area contributed by atoms with E-state index < -0.39 is 0 Å². The first kappa shape index (κ1) is 13.0. The van der Waals surface area contributed by atoms with Gasteiger partial charge in [0.25, 0.3) is 0 Å². The van der Waals surface area contributed by atoms with Crippen LogP contribution in [0.2, 0.25) is 0 Å². The maximum absolute atomic E-state index is 12.2. The first-order valence-electron chi connectivity index (χ1n) is 6.44. The quantitative estimate of drug-likeness (QED) is 0.871. The molecular formula is C11H15N7OS. The Morgan fingerprint density at radius 3 is 3.20 bits per heavy atom. The van der Waals surface area contributed by atoms with Crippen molar-refractivity contribution in [3.63, 3.8) is 0 Å². The summed E-state index contributed by atoms with van der Waals surface area (Å²) in [5, 5.41) is 14.2. The standard InChI is InChI=1S/C11H15N7OS/c1-7-13-10(16-15-7)8-3-2-4-18(6-8)11(19)14-9-5-12-17-20-9/h5,8H,2-4,6H2,1H3,(H,14,19)(H,13,15,16)/t8-/m0/s1. The summed E-state index contributed by atoms with van der Waals surface area (Å²) in [6, 6.07) is -0.118. The highest BCUT2D eigenvalue weighted by Crippen LogP contribution is 2.25. The number of H-pyrrole nitrogens is 1. The topological polar surface area (TPSA) is 99.7 Å². The van der Waals surface area contributed by atoms with Crippen LogP contribution in [0.3, 0.4) is 0 Å². The molecule has 2 amide bonds. The van der Waals surface area contributed by atoms with Crippen LogP contribution in [-0.2, 0) is 0 Å². The molecule has 0 radical (unpaired) electrons. The molecule has 20 heavy (non-hydrogen) atoms. The molecule has 2 aromatic heterocycles. The molecule has 3 heterocycles. The van der Waals surface area contributed by atoms with Crippen molar-refractivity contribution >= 4 is 22.6 Å². The van der Waals surface area contributed by atoms with Crippen LogP contribution in [0, 0.1) is 6.92 Å². The molecular weight excluding hydrogens is 278 g/mol. The summed E-state index contributed by atoms with van der Waals surface area (Å²) in [4.78, 5) is 18.3. The number of nitrogens with zero attached hydrogens (tertiary/aromatic N) is 5. The van der Waals surface area contributed by atoms with Gasteiger partial charge in [0, 0.05) is 30.5 Å². The zero-order valence-corrected chi connectivity index (χ0v) is 11.9. The minimum atomic E-state index is -0.118. The van der Waals surface area contributed by atoms with Crippen molar-refractivity contribution in [3.8, 4) is 0 Å². The van der Waals surface area contributed by atoms with Crippen LogP contribution in [-0.4, -0.2) is 48.8 Å². The van der Waals surface area contributed by atoms with Gasteiger partial charge in [0.1, 0.15) is 10.8 Å². The number of hydrogen-bond acceptors (Lipinski definition) is 6. The molecule has 0 bridgehead atoms. The summed E-state index contributed by atoms with van der Waals surface area (Å²) >= 11 is 1.17. The number of urea groups is 1. The van der Waals surface area contributed by atoms with Gasteiger partial charge in [-0.25, -0.2) is 9.78 Å². The zero-order chi connectivity index (χ0) is 13.9. The summed E-state index contributed by atoms with van der Waals surface area (Å²) in [6.07, 6.45) is 3.50. The van der Waals surface area contributed by atoms with Gasteiger partial charge < -0.3 is 4.90 Å². The molecule has 2 aromatic rings. The fourth-order valence-corrected chi connectivity index (χ4v) is 2.73. The van der Waals surface area contributed by atoms with E-state index >= 15 is 0 Å². The lowest BCUT2D eigenvalue weighted by Gasteiger charge is -2.31. The number of carbonyl (C=O) groups is 1. The Bertz CT molecular complexity index is 581. The lowest BCUT2D eigenvalue weighted by Crippen LogP contribution is -2.41. The number of aromatic amines is 1. The largest absolute Gasteiger partial charge is 0.324 e.